The fourth-order valence-corrected chi connectivity index (χ4v) is 6.61. The molecule has 8 nitrogen and oxygen atoms in total. The number of hydrogen-bond acceptors (Lipinski definition) is 7. The number of halogens is 2. The Bertz CT molecular complexity index is 1300. The number of rotatable bonds is 9. The number of amides is 1. The van der Waals surface area contributed by atoms with Gasteiger partial charge in [0.15, 0.2) is 5.13 Å². The quantitative estimate of drug-likeness (QED) is 0.352. The molecule has 36 heavy (non-hydrogen) atoms. The number of benzene rings is 2. The van der Waals surface area contributed by atoms with Crippen LogP contribution in [0.4, 0.5) is 5.13 Å². The molecule has 1 saturated heterocycles. The zero-order valence-electron chi connectivity index (χ0n) is 20.4. The van der Waals surface area contributed by atoms with E-state index in [-0.39, 0.29) is 29.3 Å². The fraction of sp³-hybridized carbons (Fsp3) is 0.417. The number of ether oxygens (including phenoxy) is 1. The van der Waals surface area contributed by atoms with Crippen LogP contribution in [0.2, 0.25) is 0 Å². The minimum atomic E-state index is -3.68. The molecule has 0 aliphatic carbocycles. The molecule has 1 fully saturated rings. The van der Waals surface area contributed by atoms with Gasteiger partial charge in [0.2, 0.25) is 10.0 Å². The van der Waals surface area contributed by atoms with Gasteiger partial charge < -0.3 is 9.64 Å². The maximum absolute atomic E-state index is 13.5. The van der Waals surface area contributed by atoms with Crippen LogP contribution < -0.4 is 4.90 Å². The maximum atomic E-state index is 13.5. The normalized spacial score (nSPS) is 16.0. The molecule has 2 heterocycles. The molecule has 2 aromatic carbocycles. The van der Waals surface area contributed by atoms with Gasteiger partial charge in [0.05, 0.1) is 21.2 Å². The standard InChI is InChI=1S/C24H29BrN4O4S2.ClH/c1-27(2)12-13-29(24-26-21-11-8-18(25)15-22(21)34-24)23(30)17-6-9-20(10-7-17)35(31,32)28(3)16-19-5-4-14-33-19;/h6-11,15,19H,4-5,12-14,16H2,1-3H3;1H. The summed E-state index contributed by atoms with van der Waals surface area (Å²) in [5.41, 5.74) is 1.23. The predicted octanol–water partition coefficient (Wildman–Crippen LogP) is 4.49. The van der Waals surface area contributed by atoms with Gasteiger partial charge in [-0.05, 0) is 69.4 Å². The number of thiazole rings is 1. The summed E-state index contributed by atoms with van der Waals surface area (Å²) in [7, 11) is 1.78. The third-order valence-electron chi connectivity index (χ3n) is 5.88. The summed E-state index contributed by atoms with van der Waals surface area (Å²) >= 11 is 4.93. The Morgan fingerprint density at radius 2 is 1.86 bits per heavy atom. The first-order valence-corrected chi connectivity index (χ1v) is 14.4. The average molecular weight is 618 g/mol. The molecule has 0 saturated carbocycles. The molecule has 0 bridgehead atoms. The lowest BCUT2D eigenvalue weighted by atomic mass is 10.2. The summed E-state index contributed by atoms with van der Waals surface area (Å²) < 4.78 is 34.9. The number of anilines is 1. The van der Waals surface area contributed by atoms with E-state index in [4.69, 9.17) is 4.74 Å². The SMILES string of the molecule is CN(C)CCN(C(=O)c1ccc(S(=O)(=O)N(C)CC2CCCO2)cc1)c1nc2ccc(Br)cc2s1.Cl. The van der Waals surface area contributed by atoms with E-state index in [0.717, 1.165) is 27.5 Å². The highest BCUT2D eigenvalue weighted by Crippen LogP contribution is 2.32. The van der Waals surface area contributed by atoms with Crippen molar-refractivity contribution >= 4 is 71.0 Å². The van der Waals surface area contributed by atoms with Crippen molar-refractivity contribution in [3.8, 4) is 0 Å². The number of carbonyl (C=O) groups excluding carboxylic acids is 1. The van der Waals surface area contributed by atoms with Crippen molar-refractivity contribution < 1.29 is 17.9 Å². The molecule has 12 heteroatoms. The van der Waals surface area contributed by atoms with Gasteiger partial charge in [0, 0.05) is 43.3 Å². The van der Waals surface area contributed by atoms with Gasteiger partial charge in [-0.3, -0.25) is 9.69 Å². The third kappa shape index (κ3) is 6.63. The number of fused-ring (bicyclic) bond motifs is 1. The summed E-state index contributed by atoms with van der Waals surface area (Å²) in [6.45, 7) is 2.10. The number of aromatic nitrogens is 1. The van der Waals surface area contributed by atoms with E-state index in [2.05, 4.69) is 20.9 Å². The van der Waals surface area contributed by atoms with E-state index in [1.165, 1.54) is 27.8 Å². The summed E-state index contributed by atoms with van der Waals surface area (Å²) in [4.78, 5) is 22.0. The Labute approximate surface area is 230 Å². The first-order chi connectivity index (χ1) is 16.6. The minimum Gasteiger partial charge on any atom is -0.377 e. The van der Waals surface area contributed by atoms with E-state index >= 15 is 0 Å². The molecular formula is C24H30BrClN4O4S2. The van der Waals surface area contributed by atoms with E-state index in [0.29, 0.717) is 36.9 Å². The molecule has 1 amide bonds. The van der Waals surface area contributed by atoms with Gasteiger partial charge in [-0.25, -0.2) is 13.4 Å². The predicted molar refractivity (Wildman–Crippen MR) is 150 cm³/mol. The molecule has 1 aliphatic heterocycles. The Kier molecular flexibility index (Phi) is 9.89. The van der Waals surface area contributed by atoms with Gasteiger partial charge >= 0.3 is 0 Å². The van der Waals surface area contributed by atoms with Crippen molar-refractivity contribution in [3.63, 3.8) is 0 Å². The molecule has 3 aromatic rings. The number of likely N-dealkylation sites (N-methyl/N-ethyl adjacent to an activating group) is 2. The molecule has 0 N–H and O–H groups in total. The van der Waals surface area contributed by atoms with Crippen molar-refractivity contribution in [3.05, 3.63) is 52.5 Å². The second-order valence-electron chi connectivity index (χ2n) is 8.81. The number of carbonyl (C=O) groups is 1. The van der Waals surface area contributed by atoms with Gasteiger partial charge in [-0.2, -0.15) is 4.31 Å². The molecule has 0 radical (unpaired) electrons. The number of nitrogens with zero attached hydrogens (tertiary/aromatic N) is 4. The van der Waals surface area contributed by atoms with Crippen LogP contribution in [-0.2, 0) is 14.8 Å². The van der Waals surface area contributed by atoms with Crippen LogP contribution in [0.1, 0.15) is 23.2 Å². The van der Waals surface area contributed by atoms with Crippen molar-refractivity contribution in [2.24, 2.45) is 0 Å². The lowest BCUT2D eigenvalue weighted by Gasteiger charge is -2.22. The third-order valence-corrected chi connectivity index (χ3v) is 9.25. The van der Waals surface area contributed by atoms with E-state index in [1.807, 2.05) is 37.2 Å². The zero-order valence-corrected chi connectivity index (χ0v) is 24.4. The molecule has 0 spiro atoms. The highest BCUT2D eigenvalue weighted by molar-refractivity contribution is 9.10. The average Bonchev–Trinajstić information content (AvgIpc) is 3.48. The van der Waals surface area contributed by atoms with Gasteiger partial charge in [-0.1, -0.05) is 27.3 Å². The van der Waals surface area contributed by atoms with Gasteiger partial charge in [0.25, 0.3) is 5.91 Å². The van der Waals surface area contributed by atoms with Crippen LogP contribution >= 0.6 is 39.7 Å². The summed E-state index contributed by atoms with van der Waals surface area (Å²) in [5, 5.41) is 0.609. The highest BCUT2D eigenvalue weighted by Gasteiger charge is 2.27. The highest BCUT2D eigenvalue weighted by atomic mass is 79.9. The Morgan fingerprint density at radius 1 is 1.14 bits per heavy atom. The second-order valence-corrected chi connectivity index (χ2v) is 12.8. The van der Waals surface area contributed by atoms with Crippen molar-refractivity contribution in [2.45, 2.75) is 23.8 Å². The van der Waals surface area contributed by atoms with Gasteiger partial charge in [0.1, 0.15) is 0 Å². The first-order valence-electron chi connectivity index (χ1n) is 11.4. The number of hydrogen-bond donors (Lipinski definition) is 0. The van der Waals surface area contributed by atoms with E-state index < -0.39 is 10.0 Å². The smallest absolute Gasteiger partial charge is 0.260 e. The minimum absolute atomic E-state index is 0. The lowest BCUT2D eigenvalue weighted by molar-refractivity contribution is 0.0978. The van der Waals surface area contributed by atoms with Crippen LogP contribution in [0.25, 0.3) is 10.2 Å². The molecule has 196 valence electrons. The Morgan fingerprint density at radius 3 is 2.50 bits per heavy atom. The Balaban J connectivity index is 0.00000361. The van der Waals surface area contributed by atoms with Gasteiger partial charge in [-0.15, -0.1) is 12.4 Å². The second kappa shape index (κ2) is 12.3. The van der Waals surface area contributed by atoms with Crippen LogP contribution in [-0.4, -0.2) is 82.0 Å². The van der Waals surface area contributed by atoms with Crippen LogP contribution in [0.3, 0.4) is 0 Å². The van der Waals surface area contributed by atoms with Crippen LogP contribution in [0.15, 0.2) is 51.8 Å². The summed E-state index contributed by atoms with van der Waals surface area (Å²) in [6.07, 6.45) is 1.74. The topological polar surface area (TPSA) is 83.1 Å². The molecule has 1 unspecified atom stereocenters. The van der Waals surface area contributed by atoms with Crippen molar-refractivity contribution in [1.29, 1.82) is 0 Å². The number of sulfonamides is 1. The van der Waals surface area contributed by atoms with Crippen molar-refractivity contribution in [2.75, 3.05) is 52.3 Å². The summed E-state index contributed by atoms with van der Waals surface area (Å²) in [6, 6.07) is 12.0. The Hall–Kier alpha value is -1.60. The molecular weight excluding hydrogens is 588 g/mol. The molecule has 1 aromatic heterocycles. The van der Waals surface area contributed by atoms with Crippen molar-refractivity contribution in [1.82, 2.24) is 14.2 Å². The molecule has 4 rings (SSSR count). The lowest BCUT2D eigenvalue weighted by Crippen LogP contribution is -2.37. The van der Waals surface area contributed by atoms with E-state index in [9.17, 15) is 13.2 Å². The summed E-state index contributed by atoms with van der Waals surface area (Å²) in [5.74, 6) is -0.221. The van der Waals surface area contributed by atoms with Crippen LogP contribution in [0.5, 0.6) is 0 Å². The van der Waals surface area contributed by atoms with E-state index in [1.54, 1.807) is 24.1 Å². The largest absolute Gasteiger partial charge is 0.377 e. The fourth-order valence-electron chi connectivity index (χ4n) is 3.86. The van der Waals surface area contributed by atoms with Crippen LogP contribution in [0, 0.1) is 0 Å². The molecule has 1 atom stereocenters. The molecule has 1 aliphatic rings. The first kappa shape index (κ1) is 29.0. The maximum Gasteiger partial charge on any atom is 0.260 e. The monoisotopic (exact) mass is 616 g/mol. The zero-order chi connectivity index (χ0) is 25.2.